The van der Waals surface area contributed by atoms with Crippen molar-refractivity contribution in [3.05, 3.63) is 29.8 Å². The van der Waals surface area contributed by atoms with Gasteiger partial charge >= 0.3 is 0 Å². The zero-order chi connectivity index (χ0) is 14.8. The number of rotatable bonds is 10. The minimum absolute atomic E-state index is 0.483. The van der Waals surface area contributed by atoms with Crippen LogP contribution in [0.2, 0.25) is 0 Å². The second-order valence-electron chi connectivity index (χ2n) is 6.23. The molecule has 2 unspecified atom stereocenters. The van der Waals surface area contributed by atoms with Gasteiger partial charge in [0, 0.05) is 0 Å². The summed E-state index contributed by atoms with van der Waals surface area (Å²) in [6.07, 6.45) is 10.2. The van der Waals surface area contributed by atoms with Crippen molar-refractivity contribution >= 4 is 0 Å². The quantitative estimate of drug-likeness (QED) is 0.499. The van der Waals surface area contributed by atoms with Gasteiger partial charge in [-0.05, 0) is 36.3 Å². The molecule has 1 aromatic carbocycles. The summed E-state index contributed by atoms with van der Waals surface area (Å²) in [4.78, 5) is 0. The molecule has 1 aromatic rings. The molecule has 0 aromatic heterocycles. The fourth-order valence-corrected chi connectivity index (χ4v) is 3.03. The summed E-state index contributed by atoms with van der Waals surface area (Å²) in [6.45, 7) is 6.87. The first-order valence-corrected chi connectivity index (χ1v) is 8.46. The van der Waals surface area contributed by atoms with Crippen LogP contribution in [0, 0.1) is 5.92 Å². The van der Waals surface area contributed by atoms with Crippen LogP contribution in [0.1, 0.15) is 83.6 Å². The molecular formula is C19H32O. The minimum atomic E-state index is 0.483. The first-order valence-electron chi connectivity index (χ1n) is 8.46. The van der Waals surface area contributed by atoms with Gasteiger partial charge in [-0.2, -0.15) is 0 Å². The van der Waals surface area contributed by atoms with Gasteiger partial charge in [0.05, 0.1) is 0 Å². The number of phenolic OH excluding ortho intramolecular Hbond substituents is 1. The van der Waals surface area contributed by atoms with Crippen LogP contribution < -0.4 is 0 Å². The fraction of sp³-hybridized carbons (Fsp3) is 0.684. The summed E-state index contributed by atoms with van der Waals surface area (Å²) in [5, 5.41) is 10.1. The Bertz CT molecular complexity index is 359. The summed E-state index contributed by atoms with van der Waals surface area (Å²) in [5.74, 6) is 1.76. The number of unbranched alkanes of at least 4 members (excludes halogenated alkanes) is 3. The number of aromatic hydroxyl groups is 1. The zero-order valence-corrected chi connectivity index (χ0v) is 13.6. The van der Waals surface area contributed by atoms with Crippen molar-refractivity contribution in [2.75, 3.05) is 0 Å². The predicted octanol–water partition coefficient (Wildman–Crippen LogP) is 6.27. The lowest BCUT2D eigenvalue weighted by Crippen LogP contribution is -2.06. The van der Waals surface area contributed by atoms with Gasteiger partial charge in [0.25, 0.3) is 0 Å². The molecule has 0 saturated heterocycles. The smallest absolute Gasteiger partial charge is 0.119 e. The third-order valence-electron chi connectivity index (χ3n) is 4.27. The van der Waals surface area contributed by atoms with E-state index in [1.54, 1.807) is 0 Å². The summed E-state index contributed by atoms with van der Waals surface area (Å²) in [5.41, 5.74) is 1.16. The number of para-hydroxylation sites is 1. The van der Waals surface area contributed by atoms with Gasteiger partial charge in [-0.25, -0.2) is 0 Å². The van der Waals surface area contributed by atoms with E-state index in [0.29, 0.717) is 11.7 Å². The molecule has 1 heteroatoms. The number of benzene rings is 1. The molecule has 0 aliphatic heterocycles. The molecule has 114 valence electrons. The van der Waals surface area contributed by atoms with E-state index in [2.05, 4.69) is 32.9 Å². The normalized spacial score (nSPS) is 14.2. The average molecular weight is 276 g/mol. The van der Waals surface area contributed by atoms with E-state index >= 15 is 0 Å². The number of hydrogen-bond acceptors (Lipinski definition) is 1. The van der Waals surface area contributed by atoms with Crippen molar-refractivity contribution in [2.45, 2.75) is 78.1 Å². The van der Waals surface area contributed by atoms with Gasteiger partial charge in [0.15, 0.2) is 0 Å². The van der Waals surface area contributed by atoms with Crippen LogP contribution in [0.25, 0.3) is 0 Å². The molecule has 0 saturated carbocycles. The van der Waals surface area contributed by atoms with Gasteiger partial charge in [-0.15, -0.1) is 0 Å². The standard InChI is InChI=1S/C19H32O/c1-4-6-8-12-17(15-16(3)11-7-5-2)18-13-9-10-14-19(18)20/h9-10,13-14,16-17,20H,4-8,11-12,15H2,1-3H3. The molecule has 0 aliphatic rings. The Morgan fingerprint density at radius 3 is 2.30 bits per heavy atom. The van der Waals surface area contributed by atoms with Crippen LogP contribution in [0.15, 0.2) is 24.3 Å². The van der Waals surface area contributed by atoms with Crippen molar-refractivity contribution < 1.29 is 5.11 Å². The summed E-state index contributed by atoms with van der Waals surface area (Å²) < 4.78 is 0. The summed E-state index contributed by atoms with van der Waals surface area (Å²) >= 11 is 0. The third kappa shape index (κ3) is 5.98. The highest BCUT2D eigenvalue weighted by atomic mass is 16.3. The predicted molar refractivity (Wildman–Crippen MR) is 88.3 cm³/mol. The second-order valence-corrected chi connectivity index (χ2v) is 6.23. The highest BCUT2D eigenvalue weighted by Crippen LogP contribution is 2.35. The van der Waals surface area contributed by atoms with E-state index in [0.717, 1.165) is 11.5 Å². The molecule has 0 radical (unpaired) electrons. The first kappa shape index (κ1) is 17.1. The van der Waals surface area contributed by atoms with Crippen LogP contribution >= 0.6 is 0 Å². The molecule has 0 amide bonds. The van der Waals surface area contributed by atoms with Gasteiger partial charge in [0.2, 0.25) is 0 Å². The van der Waals surface area contributed by atoms with Gasteiger partial charge in [-0.3, -0.25) is 0 Å². The molecule has 20 heavy (non-hydrogen) atoms. The van der Waals surface area contributed by atoms with Gasteiger partial charge < -0.3 is 5.11 Å². The molecule has 0 heterocycles. The second kappa shape index (κ2) is 9.85. The SMILES string of the molecule is CCCCCC(CC(C)CCCC)c1ccccc1O. The first-order chi connectivity index (χ1) is 9.69. The fourth-order valence-electron chi connectivity index (χ4n) is 3.03. The minimum Gasteiger partial charge on any atom is -0.508 e. The Morgan fingerprint density at radius 2 is 1.65 bits per heavy atom. The molecule has 2 atom stereocenters. The Kier molecular flexibility index (Phi) is 8.41. The van der Waals surface area contributed by atoms with Crippen LogP contribution in [-0.4, -0.2) is 5.11 Å². The Hall–Kier alpha value is -0.980. The Balaban J connectivity index is 2.67. The van der Waals surface area contributed by atoms with E-state index in [9.17, 15) is 5.11 Å². The lowest BCUT2D eigenvalue weighted by atomic mass is 9.83. The molecule has 1 N–H and O–H groups in total. The molecule has 1 rings (SSSR count). The maximum absolute atomic E-state index is 10.1. The van der Waals surface area contributed by atoms with Crippen molar-refractivity contribution in [3.8, 4) is 5.75 Å². The van der Waals surface area contributed by atoms with Gasteiger partial charge in [-0.1, -0.05) is 77.5 Å². The van der Waals surface area contributed by atoms with Gasteiger partial charge in [0.1, 0.15) is 5.75 Å². The number of phenols is 1. The van der Waals surface area contributed by atoms with Crippen molar-refractivity contribution in [1.29, 1.82) is 0 Å². The zero-order valence-electron chi connectivity index (χ0n) is 13.6. The van der Waals surface area contributed by atoms with E-state index in [1.165, 1.54) is 51.4 Å². The maximum atomic E-state index is 10.1. The molecule has 1 nitrogen and oxygen atoms in total. The van der Waals surface area contributed by atoms with E-state index in [-0.39, 0.29) is 0 Å². The van der Waals surface area contributed by atoms with E-state index < -0.39 is 0 Å². The summed E-state index contributed by atoms with van der Waals surface area (Å²) in [6, 6.07) is 7.92. The van der Waals surface area contributed by atoms with Crippen molar-refractivity contribution in [1.82, 2.24) is 0 Å². The average Bonchev–Trinajstić information content (AvgIpc) is 2.45. The highest BCUT2D eigenvalue weighted by Gasteiger charge is 2.17. The largest absolute Gasteiger partial charge is 0.508 e. The maximum Gasteiger partial charge on any atom is 0.119 e. The van der Waals surface area contributed by atoms with E-state index in [4.69, 9.17) is 0 Å². The van der Waals surface area contributed by atoms with Crippen LogP contribution in [-0.2, 0) is 0 Å². The molecule has 0 spiro atoms. The third-order valence-corrected chi connectivity index (χ3v) is 4.27. The topological polar surface area (TPSA) is 20.2 Å². The van der Waals surface area contributed by atoms with E-state index in [1.807, 2.05) is 12.1 Å². The van der Waals surface area contributed by atoms with Crippen LogP contribution in [0.4, 0.5) is 0 Å². The highest BCUT2D eigenvalue weighted by molar-refractivity contribution is 5.34. The molecular weight excluding hydrogens is 244 g/mol. The summed E-state index contributed by atoms with van der Waals surface area (Å²) in [7, 11) is 0. The molecule has 0 aliphatic carbocycles. The Morgan fingerprint density at radius 1 is 0.950 bits per heavy atom. The van der Waals surface area contributed by atoms with Crippen molar-refractivity contribution in [2.24, 2.45) is 5.92 Å². The van der Waals surface area contributed by atoms with Crippen LogP contribution in [0.3, 0.4) is 0 Å². The molecule has 0 fully saturated rings. The van der Waals surface area contributed by atoms with Crippen molar-refractivity contribution in [3.63, 3.8) is 0 Å². The lowest BCUT2D eigenvalue weighted by molar-refractivity contribution is 0.390. The monoisotopic (exact) mass is 276 g/mol. The Labute approximate surface area is 125 Å². The lowest BCUT2D eigenvalue weighted by Gasteiger charge is -2.22. The molecule has 0 bridgehead atoms. The van der Waals surface area contributed by atoms with Crippen LogP contribution in [0.5, 0.6) is 5.75 Å². The number of hydrogen-bond donors (Lipinski definition) is 1.